The van der Waals surface area contributed by atoms with E-state index in [-0.39, 0.29) is 17.6 Å². The molecule has 0 bridgehead atoms. The van der Waals surface area contributed by atoms with Gasteiger partial charge in [0.2, 0.25) is 0 Å². The number of nitrogens with zero attached hydrogens (tertiary/aromatic N) is 3. The van der Waals surface area contributed by atoms with Crippen molar-refractivity contribution in [3.05, 3.63) is 89.9 Å². The molecule has 1 fully saturated rings. The van der Waals surface area contributed by atoms with Gasteiger partial charge >= 0.3 is 0 Å². The molecule has 166 valence electrons. The summed E-state index contributed by atoms with van der Waals surface area (Å²) in [6.45, 7) is 2.18. The van der Waals surface area contributed by atoms with Crippen LogP contribution in [0.4, 0.5) is 15.8 Å². The molecule has 0 saturated carbocycles. The lowest BCUT2D eigenvalue weighted by molar-refractivity contribution is 0.0746. The average molecular weight is 461 g/mol. The fourth-order valence-electron chi connectivity index (χ4n) is 3.98. The minimum atomic E-state index is -0.282. The van der Waals surface area contributed by atoms with Crippen molar-refractivity contribution in [3.8, 4) is 0 Å². The van der Waals surface area contributed by atoms with Gasteiger partial charge in [0.1, 0.15) is 11.5 Å². The molecular formula is C25H21FN4O2S. The van der Waals surface area contributed by atoms with Crippen LogP contribution in [0.25, 0.3) is 10.1 Å². The molecule has 0 atom stereocenters. The van der Waals surface area contributed by atoms with E-state index in [2.05, 4.69) is 9.69 Å². The highest BCUT2D eigenvalue weighted by molar-refractivity contribution is 7.13. The Hall–Kier alpha value is -3.78. The largest absolute Gasteiger partial charge is 0.366 e. The number of fused-ring (bicyclic) bond motifs is 1. The zero-order valence-electron chi connectivity index (χ0n) is 17.7. The number of hydrogen-bond acceptors (Lipinski definition) is 5. The van der Waals surface area contributed by atoms with Crippen LogP contribution in [-0.2, 0) is 0 Å². The van der Waals surface area contributed by atoms with Gasteiger partial charge in [0.05, 0.1) is 10.4 Å². The Labute approximate surface area is 194 Å². The van der Waals surface area contributed by atoms with E-state index in [0.717, 1.165) is 10.1 Å². The summed E-state index contributed by atoms with van der Waals surface area (Å²) in [5.41, 5.74) is 2.10. The number of rotatable bonds is 4. The monoisotopic (exact) mass is 460 g/mol. The van der Waals surface area contributed by atoms with E-state index in [1.54, 1.807) is 41.3 Å². The summed E-state index contributed by atoms with van der Waals surface area (Å²) >= 11 is 1.29. The van der Waals surface area contributed by atoms with Crippen LogP contribution in [0, 0.1) is 5.82 Å². The van der Waals surface area contributed by atoms with Crippen molar-refractivity contribution in [2.45, 2.75) is 0 Å². The number of para-hydroxylation sites is 1. The van der Waals surface area contributed by atoms with Gasteiger partial charge in [-0.05, 0) is 54.0 Å². The number of carbonyl (C=O) groups is 2. The highest BCUT2D eigenvalue weighted by Gasteiger charge is 2.23. The van der Waals surface area contributed by atoms with Crippen LogP contribution in [0.1, 0.15) is 20.8 Å². The second-order valence-electron chi connectivity index (χ2n) is 7.79. The molecule has 1 saturated heterocycles. The van der Waals surface area contributed by atoms with E-state index in [4.69, 9.17) is 0 Å². The third-order valence-corrected chi connectivity index (χ3v) is 6.57. The smallest absolute Gasteiger partial charge is 0.276 e. The molecule has 1 N–H and O–H groups in total. The van der Waals surface area contributed by atoms with Crippen molar-refractivity contribution >= 4 is 44.8 Å². The van der Waals surface area contributed by atoms with Crippen LogP contribution < -0.4 is 10.2 Å². The van der Waals surface area contributed by atoms with E-state index in [1.165, 1.54) is 17.6 Å². The summed E-state index contributed by atoms with van der Waals surface area (Å²) in [6, 6.07) is 21.1. The molecule has 0 unspecified atom stereocenters. The van der Waals surface area contributed by atoms with Gasteiger partial charge in [-0.2, -0.15) is 4.37 Å². The maximum atomic E-state index is 14.0. The van der Waals surface area contributed by atoms with Crippen molar-refractivity contribution in [1.29, 1.82) is 0 Å². The Morgan fingerprint density at radius 2 is 1.58 bits per heavy atom. The zero-order valence-corrected chi connectivity index (χ0v) is 18.5. The Balaban J connectivity index is 1.21. The highest BCUT2D eigenvalue weighted by atomic mass is 32.1. The summed E-state index contributed by atoms with van der Waals surface area (Å²) in [7, 11) is 0. The van der Waals surface area contributed by atoms with Crippen LogP contribution in [0.2, 0.25) is 0 Å². The minimum Gasteiger partial charge on any atom is -0.366 e. The fraction of sp³-hybridized carbons (Fsp3) is 0.160. The molecular weight excluding hydrogens is 439 g/mol. The third-order valence-electron chi connectivity index (χ3n) is 5.74. The first-order valence-electron chi connectivity index (χ1n) is 10.6. The van der Waals surface area contributed by atoms with Crippen molar-refractivity contribution in [3.63, 3.8) is 0 Å². The first-order valence-corrected chi connectivity index (χ1v) is 11.4. The number of anilines is 2. The van der Waals surface area contributed by atoms with E-state index in [9.17, 15) is 14.0 Å². The minimum absolute atomic E-state index is 0.0773. The molecule has 0 aliphatic carbocycles. The van der Waals surface area contributed by atoms with Crippen molar-refractivity contribution in [1.82, 2.24) is 9.27 Å². The maximum absolute atomic E-state index is 14.0. The van der Waals surface area contributed by atoms with Crippen molar-refractivity contribution in [2.75, 3.05) is 36.4 Å². The number of nitrogens with one attached hydrogen (secondary N) is 1. The standard InChI is InChI=1S/C25H21FN4O2S/c26-20-6-2-3-7-21(20)29-13-15-30(16-14-29)25(32)17-9-11-18(12-10-17)27-24(31)23-19-5-1-4-8-22(19)33-28-23/h1-12H,13-16H2,(H,27,31). The molecule has 33 heavy (non-hydrogen) atoms. The Bertz CT molecular complexity index is 1310. The number of aromatic nitrogens is 1. The molecule has 1 aliphatic heterocycles. The second-order valence-corrected chi connectivity index (χ2v) is 8.59. The summed E-state index contributed by atoms with van der Waals surface area (Å²) < 4.78 is 19.3. The summed E-state index contributed by atoms with van der Waals surface area (Å²) in [5, 5.41) is 3.67. The van der Waals surface area contributed by atoms with E-state index >= 15 is 0 Å². The summed E-state index contributed by atoms with van der Waals surface area (Å²) in [6.07, 6.45) is 0. The van der Waals surface area contributed by atoms with Crippen LogP contribution in [0.3, 0.4) is 0 Å². The molecule has 1 aliphatic rings. The fourth-order valence-corrected chi connectivity index (χ4v) is 4.75. The molecule has 1 aromatic heterocycles. The summed E-state index contributed by atoms with van der Waals surface area (Å²) in [5.74, 6) is -0.608. The number of piperazine rings is 1. The van der Waals surface area contributed by atoms with E-state index in [0.29, 0.717) is 48.8 Å². The number of halogens is 1. The van der Waals surface area contributed by atoms with Crippen LogP contribution in [-0.4, -0.2) is 47.3 Å². The first-order chi connectivity index (χ1) is 16.1. The molecule has 3 aromatic carbocycles. The topological polar surface area (TPSA) is 65.5 Å². The van der Waals surface area contributed by atoms with Gasteiger partial charge in [-0.25, -0.2) is 4.39 Å². The first kappa shape index (κ1) is 21.1. The molecule has 4 aromatic rings. The SMILES string of the molecule is O=C(Nc1ccc(C(=O)N2CCN(c3ccccc3F)CC2)cc1)c1nsc2ccccc12. The van der Waals surface area contributed by atoms with Crippen molar-refractivity contribution in [2.24, 2.45) is 0 Å². The quantitative estimate of drug-likeness (QED) is 0.482. The van der Waals surface area contributed by atoms with Gasteiger partial charge in [-0.3, -0.25) is 9.59 Å². The van der Waals surface area contributed by atoms with Crippen molar-refractivity contribution < 1.29 is 14.0 Å². The Kier molecular flexibility index (Phi) is 5.75. The molecule has 2 amide bonds. The van der Waals surface area contributed by atoms with Gasteiger partial charge in [-0.1, -0.05) is 30.3 Å². The molecule has 0 spiro atoms. The normalized spacial score (nSPS) is 13.8. The molecule has 5 rings (SSSR count). The van der Waals surface area contributed by atoms with Gasteiger partial charge in [0.15, 0.2) is 0 Å². The zero-order chi connectivity index (χ0) is 22.8. The number of amides is 2. The predicted octanol–water partition coefficient (Wildman–Crippen LogP) is 4.65. The summed E-state index contributed by atoms with van der Waals surface area (Å²) in [4.78, 5) is 29.3. The Morgan fingerprint density at radius 3 is 2.33 bits per heavy atom. The third kappa shape index (κ3) is 4.29. The second kappa shape index (κ2) is 8.99. The van der Waals surface area contributed by atoms with E-state index in [1.807, 2.05) is 35.2 Å². The lowest BCUT2D eigenvalue weighted by atomic mass is 10.1. The molecule has 2 heterocycles. The predicted molar refractivity (Wildman–Crippen MR) is 129 cm³/mol. The molecule has 6 nitrogen and oxygen atoms in total. The highest BCUT2D eigenvalue weighted by Crippen LogP contribution is 2.24. The lowest BCUT2D eigenvalue weighted by Crippen LogP contribution is -2.49. The van der Waals surface area contributed by atoms with Gasteiger partial charge in [0, 0.05) is 42.8 Å². The van der Waals surface area contributed by atoms with Crippen LogP contribution in [0.15, 0.2) is 72.8 Å². The molecule has 8 heteroatoms. The number of hydrogen-bond donors (Lipinski definition) is 1. The molecule has 0 radical (unpaired) electrons. The van der Waals surface area contributed by atoms with Crippen LogP contribution >= 0.6 is 11.5 Å². The van der Waals surface area contributed by atoms with Gasteiger partial charge in [-0.15, -0.1) is 0 Å². The number of carbonyl (C=O) groups excluding carboxylic acids is 2. The maximum Gasteiger partial charge on any atom is 0.276 e. The number of benzene rings is 3. The average Bonchev–Trinajstić information content (AvgIpc) is 3.29. The van der Waals surface area contributed by atoms with E-state index < -0.39 is 0 Å². The Morgan fingerprint density at radius 1 is 0.879 bits per heavy atom. The van der Waals surface area contributed by atoms with Crippen LogP contribution in [0.5, 0.6) is 0 Å². The van der Waals surface area contributed by atoms with Gasteiger partial charge in [0.25, 0.3) is 11.8 Å². The van der Waals surface area contributed by atoms with Gasteiger partial charge < -0.3 is 15.1 Å². The lowest BCUT2D eigenvalue weighted by Gasteiger charge is -2.36.